The van der Waals surface area contributed by atoms with E-state index < -0.39 is 5.63 Å². The second-order valence-corrected chi connectivity index (χ2v) is 3.33. The quantitative estimate of drug-likeness (QED) is 0.701. The molecule has 0 fully saturated rings. The highest BCUT2D eigenvalue weighted by molar-refractivity contribution is 6.19. The summed E-state index contributed by atoms with van der Waals surface area (Å²) in [5.74, 6) is 0.169. The number of aromatic amines is 1. The minimum Gasteiger partial charge on any atom is -0.338 e. The molecule has 1 N–H and O–H groups in total. The average molecular weight is 199 g/mol. The van der Waals surface area contributed by atoms with Crippen molar-refractivity contribution < 1.29 is 4.39 Å². The molecule has 4 heteroatoms. The number of rotatable bonds is 1. The van der Waals surface area contributed by atoms with Gasteiger partial charge < -0.3 is 4.98 Å². The summed E-state index contributed by atoms with van der Waals surface area (Å²) in [6.07, 6.45) is 0. The van der Waals surface area contributed by atoms with Crippen LogP contribution < -0.4 is 0 Å². The third-order valence-corrected chi connectivity index (χ3v) is 2.07. The molecule has 0 aliphatic rings. The Balaban J connectivity index is 2.62. The SMILES string of the molecule is Cc1ccc2nc([C@H](F)Cl)[nH]c2c1. The topological polar surface area (TPSA) is 28.7 Å². The fraction of sp³-hybridized carbons (Fsp3) is 0.222. The zero-order valence-electron chi connectivity index (χ0n) is 7.01. The van der Waals surface area contributed by atoms with Gasteiger partial charge in [0.15, 0.2) is 5.82 Å². The first-order valence-electron chi connectivity index (χ1n) is 3.91. The molecule has 0 saturated carbocycles. The monoisotopic (exact) mass is 198 g/mol. The number of hydrogen-bond acceptors (Lipinski definition) is 1. The highest BCUT2D eigenvalue weighted by Gasteiger charge is 2.10. The standard InChI is InChI=1S/C9H8ClFN2/c1-5-2-3-6-7(4-5)13-9(12-6)8(10)11/h2-4,8H,1H3,(H,12,13)/t8-/m0/s1. The lowest BCUT2D eigenvalue weighted by atomic mass is 10.2. The number of nitrogens with zero attached hydrogens (tertiary/aromatic N) is 1. The molecule has 0 saturated heterocycles. The van der Waals surface area contributed by atoms with Crippen molar-refractivity contribution in [1.29, 1.82) is 0 Å². The van der Waals surface area contributed by atoms with Crippen LogP contribution in [0.4, 0.5) is 4.39 Å². The van der Waals surface area contributed by atoms with Gasteiger partial charge in [-0.3, -0.25) is 0 Å². The van der Waals surface area contributed by atoms with Gasteiger partial charge in [-0.1, -0.05) is 17.7 Å². The molecule has 0 unspecified atom stereocenters. The summed E-state index contributed by atoms with van der Waals surface area (Å²) in [6, 6.07) is 5.67. The van der Waals surface area contributed by atoms with Crippen LogP contribution in [-0.2, 0) is 0 Å². The molecule has 2 aromatic rings. The second kappa shape index (κ2) is 3.00. The van der Waals surface area contributed by atoms with Gasteiger partial charge >= 0.3 is 0 Å². The molecule has 13 heavy (non-hydrogen) atoms. The molecular formula is C9H8ClFN2. The summed E-state index contributed by atoms with van der Waals surface area (Å²) in [6.45, 7) is 1.97. The van der Waals surface area contributed by atoms with Crippen molar-refractivity contribution in [3.05, 3.63) is 29.6 Å². The molecule has 0 aliphatic heterocycles. The van der Waals surface area contributed by atoms with Crippen LogP contribution >= 0.6 is 11.6 Å². The minimum atomic E-state index is -1.56. The highest BCUT2D eigenvalue weighted by Crippen LogP contribution is 2.22. The van der Waals surface area contributed by atoms with E-state index in [-0.39, 0.29) is 5.82 Å². The van der Waals surface area contributed by atoms with E-state index in [9.17, 15) is 4.39 Å². The van der Waals surface area contributed by atoms with Crippen LogP contribution in [0.15, 0.2) is 18.2 Å². The Kier molecular flexibility index (Phi) is 1.96. The maximum atomic E-state index is 12.6. The average Bonchev–Trinajstić information content (AvgIpc) is 2.46. The molecule has 2 nitrogen and oxygen atoms in total. The number of alkyl halides is 2. The largest absolute Gasteiger partial charge is 0.338 e. The van der Waals surface area contributed by atoms with Crippen molar-refractivity contribution in [2.75, 3.05) is 0 Å². The van der Waals surface area contributed by atoms with Crippen molar-refractivity contribution in [3.63, 3.8) is 0 Å². The first kappa shape index (κ1) is 8.51. The van der Waals surface area contributed by atoms with Gasteiger partial charge in [-0.05, 0) is 24.6 Å². The smallest absolute Gasteiger partial charge is 0.230 e. The van der Waals surface area contributed by atoms with Crippen LogP contribution in [0.3, 0.4) is 0 Å². The predicted molar refractivity (Wildman–Crippen MR) is 50.5 cm³/mol. The van der Waals surface area contributed by atoms with E-state index in [0.717, 1.165) is 16.6 Å². The van der Waals surface area contributed by atoms with E-state index in [0.29, 0.717) is 0 Å². The number of halogens is 2. The summed E-state index contributed by atoms with van der Waals surface area (Å²) < 4.78 is 12.6. The molecule has 0 amide bonds. The zero-order valence-corrected chi connectivity index (χ0v) is 7.77. The van der Waals surface area contributed by atoms with Crippen molar-refractivity contribution in [2.45, 2.75) is 12.6 Å². The Bertz CT molecular complexity index is 436. The summed E-state index contributed by atoms with van der Waals surface area (Å²) in [5.41, 5.74) is 1.10. The fourth-order valence-corrected chi connectivity index (χ4v) is 1.35. The number of hydrogen-bond donors (Lipinski definition) is 1. The molecule has 1 aromatic heterocycles. The van der Waals surface area contributed by atoms with Gasteiger partial charge in [-0.2, -0.15) is 0 Å². The molecule has 0 spiro atoms. The van der Waals surface area contributed by atoms with Crippen molar-refractivity contribution in [2.24, 2.45) is 0 Å². The van der Waals surface area contributed by atoms with Crippen LogP contribution in [-0.4, -0.2) is 9.97 Å². The van der Waals surface area contributed by atoms with Gasteiger partial charge in [-0.15, -0.1) is 0 Å². The van der Waals surface area contributed by atoms with Gasteiger partial charge in [0.25, 0.3) is 0 Å². The van der Waals surface area contributed by atoms with E-state index in [1.54, 1.807) is 0 Å². The lowest BCUT2D eigenvalue weighted by Crippen LogP contribution is -1.83. The molecule has 0 bridgehead atoms. The van der Waals surface area contributed by atoms with Crippen LogP contribution in [0.25, 0.3) is 11.0 Å². The van der Waals surface area contributed by atoms with E-state index in [1.165, 1.54) is 0 Å². The molecule has 1 heterocycles. The Morgan fingerprint density at radius 2 is 2.31 bits per heavy atom. The minimum absolute atomic E-state index is 0.169. The number of benzene rings is 1. The van der Waals surface area contributed by atoms with E-state index in [4.69, 9.17) is 11.6 Å². The number of fused-ring (bicyclic) bond motifs is 1. The van der Waals surface area contributed by atoms with Crippen LogP contribution in [0, 0.1) is 6.92 Å². The van der Waals surface area contributed by atoms with Crippen molar-refractivity contribution in [3.8, 4) is 0 Å². The number of nitrogens with one attached hydrogen (secondary N) is 1. The number of H-pyrrole nitrogens is 1. The van der Waals surface area contributed by atoms with Gasteiger partial charge in [0, 0.05) is 0 Å². The zero-order chi connectivity index (χ0) is 9.42. The third-order valence-electron chi connectivity index (χ3n) is 1.86. The highest BCUT2D eigenvalue weighted by atomic mass is 35.5. The van der Waals surface area contributed by atoms with Crippen molar-refractivity contribution >= 4 is 22.6 Å². The molecule has 0 aliphatic carbocycles. The summed E-state index contributed by atoms with van der Waals surface area (Å²) in [5, 5.41) is 0. The Labute approximate surface area is 79.7 Å². The molecule has 68 valence electrons. The second-order valence-electron chi connectivity index (χ2n) is 2.94. The number of aromatic nitrogens is 2. The van der Waals surface area contributed by atoms with E-state index in [1.807, 2.05) is 25.1 Å². The summed E-state index contributed by atoms with van der Waals surface area (Å²) in [4.78, 5) is 6.81. The third kappa shape index (κ3) is 1.52. The van der Waals surface area contributed by atoms with Crippen LogP contribution in [0.2, 0.25) is 0 Å². The Morgan fingerprint density at radius 3 is 3.00 bits per heavy atom. The maximum Gasteiger partial charge on any atom is 0.230 e. The molecule has 1 atom stereocenters. The van der Waals surface area contributed by atoms with Gasteiger partial charge in [0.1, 0.15) is 0 Å². The van der Waals surface area contributed by atoms with Gasteiger partial charge in [-0.25, -0.2) is 9.37 Å². The molecular weight excluding hydrogens is 191 g/mol. The Morgan fingerprint density at radius 1 is 1.54 bits per heavy atom. The molecule has 1 aromatic carbocycles. The summed E-state index contributed by atoms with van der Waals surface area (Å²) >= 11 is 5.25. The lowest BCUT2D eigenvalue weighted by molar-refractivity contribution is 0.444. The van der Waals surface area contributed by atoms with E-state index in [2.05, 4.69) is 9.97 Å². The van der Waals surface area contributed by atoms with Crippen LogP contribution in [0.1, 0.15) is 17.0 Å². The number of imidazole rings is 1. The molecule has 2 rings (SSSR count). The maximum absolute atomic E-state index is 12.6. The fourth-order valence-electron chi connectivity index (χ4n) is 1.25. The van der Waals surface area contributed by atoms with E-state index >= 15 is 0 Å². The summed E-state index contributed by atoms with van der Waals surface area (Å²) in [7, 11) is 0. The lowest BCUT2D eigenvalue weighted by Gasteiger charge is -1.90. The normalized spacial score (nSPS) is 13.5. The molecule has 0 radical (unpaired) electrons. The van der Waals surface area contributed by atoms with Crippen molar-refractivity contribution in [1.82, 2.24) is 9.97 Å². The Hall–Kier alpha value is -1.09. The first-order valence-corrected chi connectivity index (χ1v) is 4.35. The number of aryl methyl sites for hydroxylation is 1. The first-order chi connectivity index (χ1) is 6.16. The van der Waals surface area contributed by atoms with Gasteiger partial charge in [0.2, 0.25) is 5.63 Å². The van der Waals surface area contributed by atoms with Gasteiger partial charge in [0.05, 0.1) is 11.0 Å². The van der Waals surface area contributed by atoms with Crippen LogP contribution in [0.5, 0.6) is 0 Å². The predicted octanol–water partition coefficient (Wildman–Crippen LogP) is 3.08.